The van der Waals surface area contributed by atoms with Gasteiger partial charge in [0.05, 0.1) is 19.6 Å². The van der Waals surface area contributed by atoms with Crippen molar-refractivity contribution in [1.29, 1.82) is 0 Å². The van der Waals surface area contributed by atoms with Crippen LogP contribution in [0.3, 0.4) is 0 Å². The second kappa shape index (κ2) is 10.4. The van der Waals surface area contributed by atoms with Crippen molar-refractivity contribution < 1.29 is 19.1 Å². The summed E-state index contributed by atoms with van der Waals surface area (Å²) in [6.45, 7) is 2.62. The van der Waals surface area contributed by atoms with E-state index in [1.54, 1.807) is 24.3 Å². The number of hydrogen-bond acceptors (Lipinski definition) is 5. The summed E-state index contributed by atoms with van der Waals surface area (Å²) in [4.78, 5) is 25.6. The van der Waals surface area contributed by atoms with E-state index in [9.17, 15) is 9.59 Å². The van der Waals surface area contributed by atoms with Crippen LogP contribution in [0.5, 0.6) is 0 Å². The Morgan fingerprint density at radius 2 is 2.16 bits per heavy atom. The van der Waals surface area contributed by atoms with Crippen molar-refractivity contribution in [1.82, 2.24) is 4.90 Å². The average Bonchev–Trinajstić information content (AvgIpc) is 3.10. The molecule has 1 aliphatic rings. The number of nitrogens with zero attached hydrogens (tertiary/aromatic N) is 1. The lowest BCUT2D eigenvalue weighted by molar-refractivity contribution is -0.141. The van der Waals surface area contributed by atoms with Gasteiger partial charge in [0, 0.05) is 43.4 Å². The zero-order valence-electron chi connectivity index (χ0n) is 14.5. The maximum atomic E-state index is 12.2. The van der Waals surface area contributed by atoms with Crippen LogP contribution >= 0.6 is 11.6 Å². The van der Waals surface area contributed by atoms with E-state index in [1.807, 2.05) is 0 Å². The molecule has 1 heterocycles. The highest BCUT2D eigenvalue weighted by Crippen LogP contribution is 2.16. The maximum absolute atomic E-state index is 12.2. The second-order valence-corrected chi connectivity index (χ2v) is 6.51. The van der Waals surface area contributed by atoms with E-state index >= 15 is 0 Å². The number of carbonyl (C=O) groups is 2. The van der Waals surface area contributed by atoms with E-state index in [4.69, 9.17) is 21.1 Å². The molecule has 0 saturated carbocycles. The number of anilines is 1. The summed E-state index contributed by atoms with van der Waals surface area (Å²) in [7, 11) is 1.38. The van der Waals surface area contributed by atoms with Crippen LogP contribution in [0.25, 0.3) is 0 Å². The van der Waals surface area contributed by atoms with Gasteiger partial charge in [-0.25, -0.2) is 0 Å². The smallest absolute Gasteiger partial charge is 0.306 e. The van der Waals surface area contributed by atoms with Gasteiger partial charge in [-0.15, -0.1) is 0 Å². The van der Waals surface area contributed by atoms with Crippen LogP contribution in [0.15, 0.2) is 24.3 Å². The first-order chi connectivity index (χ1) is 12.1. The Labute approximate surface area is 153 Å². The summed E-state index contributed by atoms with van der Waals surface area (Å²) in [6, 6.07) is 7.05. The minimum absolute atomic E-state index is 0.0855. The van der Waals surface area contributed by atoms with Crippen molar-refractivity contribution in [3.63, 3.8) is 0 Å². The molecule has 1 aromatic carbocycles. The highest BCUT2D eigenvalue weighted by Gasteiger charge is 2.20. The van der Waals surface area contributed by atoms with Crippen LogP contribution < -0.4 is 5.32 Å². The fourth-order valence-corrected chi connectivity index (χ4v) is 2.96. The van der Waals surface area contributed by atoms with Crippen molar-refractivity contribution in [3.05, 3.63) is 29.3 Å². The number of nitrogens with one attached hydrogen (secondary N) is 1. The van der Waals surface area contributed by atoms with Crippen molar-refractivity contribution in [2.75, 3.05) is 38.7 Å². The SMILES string of the molecule is COC(=O)CCN(CCC(=O)Nc1cccc(Cl)c1)CC1CCCO1. The predicted octanol–water partition coefficient (Wildman–Crippen LogP) is 2.71. The summed E-state index contributed by atoms with van der Waals surface area (Å²) in [5.41, 5.74) is 0.678. The Balaban J connectivity index is 1.81. The molecule has 7 heteroatoms. The molecule has 1 aliphatic heterocycles. The third kappa shape index (κ3) is 7.42. The monoisotopic (exact) mass is 368 g/mol. The van der Waals surface area contributed by atoms with Crippen LogP contribution in [0.1, 0.15) is 25.7 Å². The predicted molar refractivity (Wildman–Crippen MR) is 96.7 cm³/mol. The summed E-state index contributed by atoms with van der Waals surface area (Å²) >= 11 is 5.92. The van der Waals surface area contributed by atoms with Gasteiger partial charge >= 0.3 is 5.97 Å². The Kier molecular flexibility index (Phi) is 8.18. The zero-order valence-corrected chi connectivity index (χ0v) is 15.3. The average molecular weight is 369 g/mol. The topological polar surface area (TPSA) is 67.9 Å². The van der Waals surface area contributed by atoms with E-state index in [1.165, 1.54) is 7.11 Å². The molecule has 1 unspecified atom stereocenters. The van der Waals surface area contributed by atoms with Gasteiger partial charge in [-0.05, 0) is 31.0 Å². The lowest BCUT2D eigenvalue weighted by Crippen LogP contribution is -2.36. The highest BCUT2D eigenvalue weighted by molar-refractivity contribution is 6.30. The van der Waals surface area contributed by atoms with Gasteiger partial charge in [-0.3, -0.25) is 14.5 Å². The Morgan fingerprint density at radius 3 is 2.84 bits per heavy atom. The normalized spacial score (nSPS) is 16.8. The first-order valence-electron chi connectivity index (χ1n) is 8.53. The molecule has 1 fully saturated rings. The fourth-order valence-electron chi connectivity index (χ4n) is 2.77. The second-order valence-electron chi connectivity index (χ2n) is 6.07. The molecule has 1 saturated heterocycles. The number of esters is 1. The largest absolute Gasteiger partial charge is 0.469 e. The van der Waals surface area contributed by atoms with Crippen LogP contribution in [0, 0.1) is 0 Å². The molecule has 0 aliphatic carbocycles. The molecular weight excluding hydrogens is 344 g/mol. The molecule has 0 aromatic heterocycles. The molecule has 0 spiro atoms. The van der Waals surface area contributed by atoms with Crippen LogP contribution in [-0.4, -0.2) is 56.2 Å². The third-order valence-electron chi connectivity index (χ3n) is 4.11. The molecule has 138 valence electrons. The highest BCUT2D eigenvalue weighted by atomic mass is 35.5. The van der Waals surface area contributed by atoms with Gasteiger partial charge < -0.3 is 14.8 Å². The number of carbonyl (C=O) groups excluding carboxylic acids is 2. The Morgan fingerprint density at radius 1 is 1.36 bits per heavy atom. The number of rotatable bonds is 9. The molecule has 0 radical (unpaired) electrons. The van der Waals surface area contributed by atoms with Gasteiger partial charge in [0.25, 0.3) is 0 Å². The number of ether oxygens (including phenoxy) is 2. The summed E-state index contributed by atoms with van der Waals surface area (Å²) in [5.74, 6) is -0.335. The summed E-state index contributed by atoms with van der Waals surface area (Å²) in [6.07, 6.45) is 2.89. The van der Waals surface area contributed by atoms with E-state index in [2.05, 4.69) is 10.2 Å². The molecule has 6 nitrogen and oxygen atoms in total. The lowest BCUT2D eigenvalue weighted by atomic mass is 10.2. The lowest BCUT2D eigenvalue weighted by Gasteiger charge is -2.24. The van der Waals surface area contributed by atoms with Gasteiger partial charge in [0.15, 0.2) is 0 Å². The molecule has 25 heavy (non-hydrogen) atoms. The maximum Gasteiger partial charge on any atom is 0.306 e. The van der Waals surface area contributed by atoms with Crippen LogP contribution in [0.4, 0.5) is 5.69 Å². The molecule has 0 bridgehead atoms. The standard InChI is InChI=1S/C18H25ClN2O4/c1-24-18(23)8-10-21(13-16-6-3-11-25-16)9-7-17(22)20-15-5-2-4-14(19)12-15/h2,4-5,12,16H,3,6-11,13H2,1H3,(H,20,22). The quantitative estimate of drug-likeness (QED) is 0.679. The fraction of sp³-hybridized carbons (Fsp3) is 0.556. The minimum atomic E-state index is -0.249. The summed E-state index contributed by atoms with van der Waals surface area (Å²) < 4.78 is 10.4. The van der Waals surface area contributed by atoms with Crippen molar-refractivity contribution in [3.8, 4) is 0 Å². The number of halogens is 1. The van der Waals surface area contributed by atoms with Crippen molar-refractivity contribution >= 4 is 29.2 Å². The molecule has 1 N–H and O–H groups in total. The molecule has 1 aromatic rings. The number of hydrogen-bond donors (Lipinski definition) is 1. The van der Waals surface area contributed by atoms with Gasteiger partial charge in [-0.2, -0.15) is 0 Å². The minimum Gasteiger partial charge on any atom is -0.469 e. The van der Waals surface area contributed by atoms with Gasteiger partial charge in [0.2, 0.25) is 5.91 Å². The Hall–Kier alpha value is -1.63. The Bertz CT molecular complexity index is 576. The van der Waals surface area contributed by atoms with E-state index in [0.29, 0.717) is 36.6 Å². The third-order valence-corrected chi connectivity index (χ3v) is 4.34. The van der Waals surface area contributed by atoms with E-state index < -0.39 is 0 Å². The molecular formula is C18H25ClN2O4. The number of methoxy groups -OCH3 is 1. The van der Waals surface area contributed by atoms with Crippen LogP contribution in [0.2, 0.25) is 5.02 Å². The van der Waals surface area contributed by atoms with Gasteiger partial charge in [-0.1, -0.05) is 17.7 Å². The number of amides is 1. The first kappa shape index (κ1) is 19.7. The van der Waals surface area contributed by atoms with Crippen molar-refractivity contribution in [2.24, 2.45) is 0 Å². The molecule has 2 rings (SSSR count). The van der Waals surface area contributed by atoms with Crippen molar-refractivity contribution in [2.45, 2.75) is 31.8 Å². The van der Waals surface area contributed by atoms with Crippen LogP contribution in [-0.2, 0) is 19.1 Å². The van der Waals surface area contributed by atoms with E-state index in [0.717, 1.165) is 26.0 Å². The number of benzene rings is 1. The van der Waals surface area contributed by atoms with E-state index in [-0.39, 0.29) is 18.0 Å². The molecule has 1 atom stereocenters. The van der Waals surface area contributed by atoms with Gasteiger partial charge in [0.1, 0.15) is 0 Å². The first-order valence-corrected chi connectivity index (χ1v) is 8.91. The molecule has 1 amide bonds. The zero-order chi connectivity index (χ0) is 18.1. The summed E-state index contributed by atoms with van der Waals surface area (Å²) in [5, 5.41) is 3.41.